The van der Waals surface area contributed by atoms with Crippen LogP contribution in [0.3, 0.4) is 0 Å². The highest BCUT2D eigenvalue weighted by atomic mass is 16.4. The summed E-state index contributed by atoms with van der Waals surface area (Å²) in [5, 5.41) is 11.3. The monoisotopic (exact) mass is 294 g/mol. The van der Waals surface area contributed by atoms with E-state index in [4.69, 9.17) is 10.8 Å². The van der Waals surface area contributed by atoms with Gasteiger partial charge in [-0.1, -0.05) is 31.6 Å². The van der Waals surface area contributed by atoms with Gasteiger partial charge in [-0.15, -0.1) is 0 Å². The number of carboxylic acid groups (broad SMARTS) is 1. The Morgan fingerprint density at radius 1 is 1.48 bits per heavy atom. The van der Waals surface area contributed by atoms with E-state index < -0.39 is 17.9 Å². The van der Waals surface area contributed by atoms with Crippen LogP contribution in [0.2, 0.25) is 0 Å². The molecule has 0 radical (unpaired) electrons. The molecular weight excluding hydrogens is 268 g/mol. The largest absolute Gasteiger partial charge is 0.481 e. The number of hydrogen-bond acceptors (Lipinski definition) is 3. The van der Waals surface area contributed by atoms with Crippen molar-refractivity contribution in [2.75, 3.05) is 0 Å². The molecule has 118 valence electrons. The molecular formula is C16H26N2O3. The number of nitrogens with two attached hydrogens (primary N) is 1. The molecule has 0 saturated carbocycles. The SMILES string of the molecule is CC1=C(C=CC(C)NC(=O)[C@@H](N)CC(=O)O)C(C)(C)CC1. The molecule has 0 heterocycles. The molecule has 1 aliphatic carbocycles. The van der Waals surface area contributed by atoms with Gasteiger partial charge < -0.3 is 16.2 Å². The van der Waals surface area contributed by atoms with E-state index in [2.05, 4.69) is 32.2 Å². The third-order valence-electron chi connectivity index (χ3n) is 3.97. The van der Waals surface area contributed by atoms with Crippen LogP contribution >= 0.6 is 0 Å². The fraction of sp³-hybridized carbons (Fsp3) is 0.625. The molecule has 5 nitrogen and oxygen atoms in total. The molecule has 0 aliphatic heterocycles. The van der Waals surface area contributed by atoms with Gasteiger partial charge in [-0.2, -0.15) is 0 Å². The zero-order valence-electron chi connectivity index (χ0n) is 13.3. The number of amides is 1. The van der Waals surface area contributed by atoms with Crippen molar-refractivity contribution < 1.29 is 14.7 Å². The highest BCUT2D eigenvalue weighted by Crippen LogP contribution is 2.42. The lowest BCUT2D eigenvalue weighted by atomic mass is 9.85. The minimum Gasteiger partial charge on any atom is -0.481 e. The lowest BCUT2D eigenvalue weighted by Gasteiger charge is -2.21. The average Bonchev–Trinajstić information content (AvgIpc) is 2.60. The molecule has 0 aromatic carbocycles. The second-order valence-corrected chi connectivity index (χ2v) is 6.44. The number of nitrogens with one attached hydrogen (secondary N) is 1. The van der Waals surface area contributed by atoms with Gasteiger partial charge in [0, 0.05) is 6.04 Å². The molecule has 4 N–H and O–H groups in total. The number of carboxylic acids is 1. The van der Waals surface area contributed by atoms with Crippen molar-refractivity contribution in [1.82, 2.24) is 5.32 Å². The zero-order valence-corrected chi connectivity index (χ0v) is 13.3. The molecule has 0 aromatic rings. The minimum atomic E-state index is -1.07. The Kier molecular flexibility index (Phi) is 5.72. The Bertz CT molecular complexity index is 478. The lowest BCUT2D eigenvalue weighted by Crippen LogP contribution is -2.44. The average molecular weight is 294 g/mol. The van der Waals surface area contributed by atoms with Crippen molar-refractivity contribution in [2.24, 2.45) is 11.1 Å². The van der Waals surface area contributed by atoms with Gasteiger partial charge in [0.1, 0.15) is 0 Å². The number of hydrogen-bond donors (Lipinski definition) is 3. The molecule has 1 amide bonds. The first kappa shape index (κ1) is 17.4. The van der Waals surface area contributed by atoms with E-state index in [0.717, 1.165) is 12.8 Å². The standard InChI is InChI=1S/C16H26N2O3/c1-10-7-8-16(3,4)12(10)6-5-11(2)18-15(21)13(17)9-14(19)20/h5-6,11,13H,7-9,17H2,1-4H3,(H,18,21)(H,19,20)/t11?,13-/m0/s1. The number of aliphatic carboxylic acids is 1. The third-order valence-corrected chi connectivity index (χ3v) is 3.97. The molecule has 0 bridgehead atoms. The molecule has 5 heteroatoms. The second kappa shape index (κ2) is 6.89. The van der Waals surface area contributed by atoms with Crippen LogP contribution in [0.15, 0.2) is 23.3 Å². The normalized spacial score (nSPS) is 20.6. The summed E-state index contributed by atoms with van der Waals surface area (Å²) < 4.78 is 0. The van der Waals surface area contributed by atoms with Gasteiger partial charge in [0.2, 0.25) is 5.91 Å². The van der Waals surface area contributed by atoms with E-state index in [1.54, 1.807) is 0 Å². The summed E-state index contributed by atoms with van der Waals surface area (Å²) in [5.74, 6) is -1.51. The van der Waals surface area contributed by atoms with E-state index in [1.165, 1.54) is 11.1 Å². The van der Waals surface area contributed by atoms with E-state index >= 15 is 0 Å². The van der Waals surface area contributed by atoms with Crippen LogP contribution in [0.1, 0.15) is 47.0 Å². The lowest BCUT2D eigenvalue weighted by molar-refractivity contribution is -0.139. The first-order valence-electron chi connectivity index (χ1n) is 7.29. The Balaban J connectivity index is 2.60. The fourth-order valence-corrected chi connectivity index (χ4v) is 2.62. The minimum absolute atomic E-state index is 0.171. The van der Waals surface area contributed by atoms with Gasteiger partial charge in [-0.25, -0.2) is 0 Å². The summed E-state index contributed by atoms with van der Waals surface area (Å²) in [6.07, 6.45) is 5.88. The summed E-state index contributed by atoms with van der Waals surface area (Å²) in [6.45, 7) is 8.42. The van der Waals surface area contributed by atoms with Crippen LogP contribution < -0.4 is 11.1 Å². The molecule has 1 rings (SSSR count). The topological polar surface area (TPSA) is 92.4 Å². The Morgan fingerprint density at radius 2 is 2.10 bits per heavy atom. The van der Waals surface area contributed by atoms with Crippen LogP contribution in [-0.4, -0.2) is 29.1 Å². The highest BCUT2D eigenvalue weighted by Gasteiger charge is 2.28. The first-order valence-corrected chi connectivity index (χ1v) is 7.29. The second-order valence-electron chi connectivity index (χ2n) is 6.44. The van der Waals surface area contributed by atoms with Crippen LogP contribution in [-0.2, 0) is 9.59 Å². The summed E-state index contributed by atoms with van der Waals surface area (Å²) in [4.78, 5) is 22.3. The maximum atomic E-state index is 11.7. The summed E-state index contributed by atoms with van der Waals surface area (Å²) >= 11 is 0. The number of carbonyl (C=O) groups is 2. The van der Waals surface area contributed by atoms with Crippen LogP contribution in [0.4, 0.5) is 0 Å². The first-order chi connectivity index (χ1) is 9.63. The van der Waals surface area contributed by atoms with Gasteiger partial charge in [-0.05, 0) is 37.7 Å². The van der Waals surface area contributed by atoms with Crippen molar-refractivity contribution in [1.29, 1.82) is 0 Å². The van der Waals surface area contributed by atoms with E-state index in [0.29, 0.717) is 0 Å². The van der Waals surface area contributed by atoms with E-state index in [1.807, 2.05) is 13.0 Å². The Morgan fingerprint density at radius 3 is 2.57 bits per heavy atom. The smallest absolute Gasteiger partial charge is 0.305 e. The number of carbonyl (C=O) groups excluding carboxylic acids is 1. The maximum Gasteiger partial charge on any atom is 0.305 e. The fourth-order valence-electron chi connectivity index (χ4n) is 2.62. The third kappa shape index (κ3) is 5.01. The van der Waals surface area contributed by atoms with Gasteiger partial charge in [0.15, 0.2) is 0 Å². The van der Waals surface area contributed by atoms with Crippen LogP contribution in [0, 0.1) is 5.41 Å². The van der Waals surface area contributed by atoms with Crippen molar-refractivity contribution in [2.45, 2.75) is 59.0 Å². The van der Waals surface area contributed by atoms with Crippen LogP contribution in [0.25, 0.3) is 0 Å². The zero-order chi connectivity index (χ0) is 16.2. The molecule has 21 heavy (non-hydrogen) atoms. The molecule has 0 saturated heterocycles. The molecule has 1 aliphatic rings. The summed E-state index contributed by atoms with van der Waals surface area (Å²) in [7, 11) is 0. The Labute approximate surface area is 126 Å². The van der Waals surface area contributed by atoms with Gasteiger partial charge >= 0.3 is 5.97 Å². The van der Waals surface area contributed by atoms with E-state index in [-0.39, 0.29) is 17.9 Å². The van der Waals surface area contributed by atoms with Crippen molar-refractivity contribution >= 4 is 11.9 Å². The molecule has 0 fully saturated rings. The predicted octanol–water partition coefficient (Wildman–Crippen LogP) is 1.99. The van der Waals surface area contributed by atoms with E-state index in [9.17, 15) is 9.59 Å². The van der Waals surface area contributed by atoms with Gasteiger partial charge in [0.05, 0.1) is 12.5 Å². The van der Waals surface area contributed by atoms with Gasteiger partial charge in [0.25, 0.3) is 0 Å². The maximum absolute atomic E-state index is 11.7. The van der Waals surface area contributed by atoms with Gasteiger partial charge in [-0.3, -0.25) is 9.59 Å². The molecule has 0 spiro atoms. The quantitative estimate of drug-likeness (QED) is 0.698. The highest BCUT2D eigenvalue weighted by molar-refractivity contribution is 5.86. The van der Waals surface area contributed by atoms with Crippen molar-refractivity contribution in [3.8, 4) is 0 Å². The summed E-state index contributed by atoms with van der Waals surface area (Å²) in [6, 6.07) is -1.20. The number of rotatable bonds is 6. The molecule has 1 unspecified atom stereocenters. The number of allylic oxidation sites excluding steroid dienone is 3. The van der Waals surface area contributed by atoms with Crippen molar-refractivity contribution in [3.05, 3.63) is 23.3 Å². The predicted molar refractivity (Wildman–Crippen MR) is 82.7 cm³/mol. The van der Waals surface area contributed by atoms with Crippen LogP contribution in [0.5, 0.6) is 0 Å². The summed E-state index contributed by atoms with van der Waals surface area (Å²) in [5.41, 5.74) is 8.40. The van der Waals surface area contributed by atoms with Crippen molar-refractivity contribution in [3.63, 3.8) is 0 Å². The molecule has 0 aromatic heterocycles. The molecule has 2 atom stereocenters. The Hall–Kier alpha value is -1.62.